The quantitative estimate of drug-likeness (QED) is 0.434. The number of nitrogens with zero attached hydrogens (tertiary/aromatic N) is 2. The monoisotopic (exact) mass is 116 g/mol. The smallest absolute Gasteiger partial charge is 0.112 e. The first-order valence-electron chi connectivity index (χ1n) is 2.80. The lowest BCUT2D eigenvalue weighted by atomic mass is 10.6. The van der Waals surface area contributed by atoms with Crippen LogP contribution in [0.2, 0.25) is 0 Å². The van der Waals surface area contributed by atoms with Gasteiger partial charge < -0.3 is 4.74 Å². The Morgan fingerprint density at radius 3 is 2.38 bits per heavy atom. The summed E-state index contributed by atoms with van der Waals surface area (Å²) in [5.41, 5.74) is 0. The van der Waals surface area contributed by atoms with Crippen molar-refractivity contribution in [2.75, 3.05) is 34.0 Å². The van der Waals surface area contributed by atoms with Crippen molar-refractivity contribution in [3.63, 3.8) is 0 Å². The normalized spacial score (nSPS) is 26.2. The minimum absolute atomic E-state index is 0.733. The Bertz CT molecular complexity index is 66.8. The Hall–Kier alpha value is -0.120. The number of hydrazine groups is 1. The lowest BCUT2D eigenvalue weighted by Gasteiger charge is -2.32. The van der Waals surface area contributed by atoms with Crippen molar-refractivity contribution in [1.29, 1.82) is 0 Å². The summed E-state index contributed by atoms with van der Waals surface area (Å²) in [6.45, 7) is 2.60. The first-order chi connectivity index (χ1) is 3.80. The molecule has 1 saturated heterocycles. The van der Waals surface area contributed by atoms with E-state index >= 15 is 0 Å². The molecule has 3 heteroatoms. The minimum atomic E-state index is 0.733. The maximum atomic E-state index is 5.14. The molecule has 1 heterocycles. The van der Waals surface area contributed by atoms with E-state index in [1.54, 1.807) is 0 Å². The summed E-state index contributed by atoms with van der Waals surface area (Å²) >= 11 is 0. The Labute approximate surface area is 49.8 Å². The molecule has 0 bridgehead atoms. The highest BCUT2D eigenvalue weighted by Crippen LogP contribution is 1.96. The highest BCUT2D eigenvalue weighted by molar-refractivity contribution is 4.48. The summed E-state index contributed by atoms with van der Waals surface area (Å²) in [7, 11) is 4.07. The van der Waals surface area contributed by atoms with Gasteiger partial charge in [0.1, 0.15) is 6.73 Å². The van der Waals surface area contributed by atoms with E-state index in [0.29, 0.717) is 0 Å². The number of rotatable bonds is 0. The third-order valence-electron chi connectivity index (χ3n) is 1.42. The van der Waals surface area contributed by atoms with E-state index in [1.165, 1.54) is 0 Å². The van der Waals surface area contributed by atoms with Gasteiger partial charge in [-0.25, -0.2) is 10.0 Å². The molecule has 0 saturated carbocycles. The molecule has 0 aromatic rings. The predicted molar refractivity (Wildman–Crippen MR) is 31.2 cm³/mol. The Morgan fingerprint density at radius 2 is 2.00 bits per heavy atom. The standard InChI is InChI=1S/C5H12N2O/c1-6-3-4-8-5-7(6)2/h3-5H2,1-2H3. The Balaban J connectivity index is 2.28. The third-order valence-corrected chi connectivity index (χ3v) is 1.42. The highest BCUT2D eigenvalue weighted by Gasteiger charge is 2.09. The zero-order chi connectivity index (χ0) is 5.98. The van der Waals surface area contributed by atoms with E-state index in [0.717, 1.165) is 19.9 Å². The van der Waals surface area contributed by atoms with Gasteiger partial charge in [0.05, 0.1) is 6.61 Å². The van der Waals surface area contributed by atoms with Crippen LogP contribution in [0.15, 0.2) is 0 Å². The number of ether oxygens (including phenoxy) is 1. The van der Waals surface area contributed by atoms with Crippen LogP contribution in [0.3, 0.4) is 0 Å². The molecule has 3 nitrogen and oxygen atoms in total. The van der Waals surface area contributed by atoms with Gasteiger partial charge in [-0.3, -0.25) is 0 Å². The summed E-state index contributed by atoms with van der Waals surface area (Å²) in [6, 6.07) is 0. The van der Waals surface area contributed by atoms with Gasteiger partial charge in [0.15, 0.2) is 0 Å². The molecule has 0 aromatic carbocycles. The molecule has 0 aliphatic carbocycles. The van der Waals surface area contributed by atoms with Crippen LogP contribution >= 0.6 is 0 Å². The molecular weight excluding hydrogens is 104 g/mol. The molecule has 48 valence electrons. The average Bonchev–Trinajstić information content (AvgIpc) is 1.77. The molecular formula is C5H12N2O. The summed E-state index contributed by atoms with van der Waals surface area (Å²) in [4.78, 5) is 0. The number of likely N-dealkylation sites (N-methyl/N-ethyl adjacent to an activating group) is 1. The van der Waals surface area contributed by atoms with E-state index < -0.39 is 0 Å². The van der Waals surface area contributed by atoms with Crippen LogP contribution in [-0.4, -0.2) is 44.0 Å². The van der Waals surface area contributed by atoms with E-state index in [1.807, 2.05) is 12.1 Å². The fraction of sp³-hybridized carbons (Fsp3) is 1.00. The molecule has 8 heavy (non-hydrogen) atoms. The molecule has 0 unspecified atom stereocenters. The van der Waals surface area contributed by atoms with Crippen LogP contribution in [0, 0.1) is 0 Å². The molecule has 1 aliphatic rings. The van der Waals surface area contributed by atoms with Crippen LogP contribution in [-0.2, 0) is 4.74 Å². The summed E-state index contributed by atoms with van der Waals surface area (Å²) in [6.07, 6.45) is 0. The Morgan fingerprint density at radius 1 is 1.25 bits per heavy atom. The lowest BCUT2D eigenvalue weighted by Crippen LogP contribution is -2.44. The lowest BCUT2D eigenvalue weighted by molar-refractivity contribution is -0.128. The van der Waals surface area contributed by atoms with Crippen molar-refractivity contribution in [3.8, 4) is 0 Å². The maximum absolute atomic E-state index is 5.14. The van der Waals surface area contributed by atoms with Crippen molar-refractivity contribution in [2.24, 2.45) is 0 Å². The van der Waals surface area contributed by atoms with Gasteiger partial charge in [0.25, 0.3) is 0 Å². The summed E-state index contributed by atoms with van der Waals surface area (Å²) in [5.74, 6) is 0. The van der Waals surface area contributed by atoms with Crippen LogP contribution in [0.5, 0.6) is 0 Å². The van der Waals surface area contributed by atoms with Crippen LogP contribution < -0.4 is 0 Å². The zero-order valence-electron chi connectivity index (χ0n) is 5.42. The minimum Gasteiger partial charge on any atom is -0.363 e. The molecule has 0 atom stereocenters. The first-order valence-corrected chi connectivity index (χ1v) is 2.80. The van der Waals surface area contributed by atoms with Crippen LogP contribution in [0.25, 0.3) is 0 Å². The van der Waals surface area contributed by atoms with Gasteiger partial charge in [0.2, 0.25) is 0 Å². The molecule has 1 fully saturated rings. The second-order valence-electron chi connectivity index (χ2n) is 2.08. The second kappa shape index (κ2) is 2.44. The van der Waals surface area contributed by atoms with Crippen molar-refractivity contribution in [2.45, 2.75) is 0 Å². The third kappa shape index (κ3) is 1.18. The highest BCUT2D eigenvalue weighted by atomic mass is 16.5. The first kappa shape index (κ1) is 6.01. The predicted octanol–water partition coefficient (Wildman–Crippen LogP) is -0.247. The Kier molecular flexibility index (Phi) is 1.83. The molecule has 1 aliphatic heterocycles. The maximum Gasteiger partial charge on any atom is 0.112 e. The van der Waals surface area contributed by atoms with Crippen molar-refractivity contribution in [3.05, 3.63) is 0 Å². The molecule has 0 aromatic heterocycles. The van der Waals surface area contributed by atoms with Crippen molar-refractivity contribution in [1.82, 2.24) is 10.0 Å². The van der Waals surface area contributed by atoms with Crippen molar-refractivity contribution < 1.29 is 4.74 Å². The molecule has 0 N–H and O–H groups in total. The molecule has 1 rings (SSSR count). The van der Waals surface area contributed by atoms with Gasteiger partial charge in [-0.15, -0.1) is 0 Å². The van der Waals surface area contributed by atoms with E-state index in [9.17, 15) is 0 Å². The van der Waals surface area contributed by atoms with E-state index in [-0.39, 0.29) is 0 Å². The molecule has 0 spiro atoms. The van der Waals surface area contributed by atoms with Gasteiger partial charge in [-0.2, -0.15) is 0 Å². The SMILES string of the molecule is CN1CCOCN1C. The average molecular weight is 116 g/mol. The summed E-state index contributed by atoms with van der Waals surface area (Å²) in [5, 5.41) is 4.19. The fourth-order valence-corrected chi connectivity index (χ4v) is 0.663. The van der Waals surface area contributed by atoms with Crippen LogP contribution in [0.1, 0.15) is 0 Å². The van der Waals surface area contributed by atoms with Gasteiger partial charge in [-0.05, 0) is 0 Å². The topological polar surface area (TPSA) is 15.7 Å². The van der Waals surface area contributed by atoms with Crippen LogP contribution in [0.4, 0.5) is 0 Å². The zero-order valence-corrected chi connectivity index (χ0v) is 5.42. The fourth-order valence-electron chi connectivity index (χ4n) is 0.663. The van der Waals surface area contributed by atoms with E-state index in [2.05, 4.69) is 12.1 Å². The van der Waals surface area contributed by atoms with Gasteiger partial charge in [-0.1, -0.05) is 0 Å². The van der Waals surface area contributed by atoms with E-state index in [4.69, 9.17) is 4.74 Å². The second-order valence-corrected chi connectivity index (χ2v) is 2.08. The van der Waals surface area contributed by atoms with Crippen molar-refractivity contribution >= 4 is 0 Å². The summed E-state index contributed by atoms with van der Waals surface area (Å²) < 4.78 is 5.14. The molecule has 0 radical (unpaired) electrons. The number of hydrogen-bond donors (Lipinski definition) is 0. The van der Waals surface area contributed by atoms with Gasteiger partial charge >= 0.3 is 0 Å². The largest absolute Gasteiger partial charge is 0.363 e. The molecule has 0 amide bonds. The van der Waals surface area contributed by atoms with Gasteiger partial charge in [0, 0.05) is 20.6 Å². The number of hydrogen-bond acceptors (Lipinski definition) is 3.